The highest BCUT2D eigenvalue weighted by atomic mass is 32.2. The van der Waals surface area contributed by atoms with Crippen molar-refractivity contribution in [2.45, 2.75) is 5.16 Å². The van der Waals surface area contributed by atoms with Crippen LogP contribution in [0.5, 0.6) is 0 Å². The van der Waals surface area contributed by atoms with Gasteiger partial charge in [0.15, 0.2) is 5.78 Å². The molecule has 0 saturated heterocycles. The lowest BCUT2D eigenvalue weighted by Gasteiger charge is -2.04. The minimum Gasteiger partial charge on any atom is -0.293 e. The molecule has 0 aliphatic carbocycles. The number of rotatable bonds is 5. The molecule has 0 bridgehead atoms. The van der Waals surface area contributed by atoms with Gasteiger partial charge in [-0.25, -0.2) is 4.39 Å². The quantitative estimate of drug-likeness (QED) is 0.667. The van der Waals surface area contributed by atoms with Gasteiger partial charge < -0.3 is 0 Å². The molecule has 0 N–H and O–H groups in total. The van der Waals surface area contributed by atoms with Gasteiger partial charge in [0.2, 0.25) is 5.16 Å². The maximum Gasteiger partial charge on any atom is 0.244 e. The average molecular weight is 330 g/mol. The van der Waals surface area contributed by atoms with Crippen molar-refractivity contribution in [1.82, 2.24) is 20.2 Å². The molecule has 0 aliphatic heterocycles. The van der Waals surface area contributed by atoms with E-state index in [2.05, 4.69) is 15.5 Å². The molecular weight excluding hydrogens is 319 g/mol. The van der Waals surface area contributed by atoms with E-state index in [4.69, 9.17) is 0 Å². The summed E-state index contributed by atoms with van der Waals surface area (Å²) in [5.41, 5.74) is 0.802. The molecule has 0 amide bonds. The molecule has 116 valence electrons. The highest BCUT2D eigenvalue weighted by Crippen LogP contribution is 2.12. The van der Waals surface area contributed by atoms with Crippen LogP contribution in [0.25, 0.3) is 5.69 Å². The van der Waals surface area contributed by atoms with Crippen molar-refractivity contribution in [3.63, 3.8) is 0 Å². The Morgan fingerprint density at radius 1 is 1.13 bits per heavy atom. The fourth-order valence-corrected chi connectivity index (χ4v) is 2.98. The summed E-state index contributed by atoms with van der Waals surface area (Å²) in [6.45, 7) is 0. The second-order valence-electron chi connectivity index (χ2n) is 4.63. The van der Waals surface area contributed by atoms with Gasteiger partial charge in [-0.15, -0.1) is 0 Å². The monoisotopic (exact) mass is 330 g/mol. The van der Waals surface area contributed by atoms with Crippen LogP contribution in [0.15, 0.2) is 59.8 Å². The lowest BCUT2D eigenvalue weighted by molar-refractivity contribution is 0.102. The Bertz CT molecular complexity index is 867. The van der Waals surface area contributed by atoms with Gasteiger partial charge in [-0.3, -0.25) is 9.00 Å². The Kier molecular flexibility index (Phi) is 4.33. The van der Waals surface area contributed by atoms with Gasteiger partial charge in [0, 0.05) is 5.56 Å². The molecule has 6 nitrogen and oxygen atoms in total. The molecule has 8 heteroatoms. The third-order valence-electron chi connectivity index (χ3n) is 3.05. The van der Waals surface area contributed by atoms with Crippen LogP contribution in [0.2, 0.25) is 0 Å². The molecule has 0 spiro atoms. The number of hydrogen-bond donors (Lipinski definition) is 0. The normalized spacial score (nSPS) is 12.0. The van der Waals surface area contributed by atoms with E-state index in [1.807, 2.05) is 6.07 Å². The molecule has 1 aromatic heterocycles. The molecule has 1 atom stereocenters. The number of hydrogen-bond acceptors (Lipinski definition) is 5. The van der Waals surface area contributed by atoms with Crippen molar-refractivity contribution in [3.8, 4) is 5.69 Å². The number of halogens is 1. The van der Waals surface area contributed by atoms with Crippen LogP contribution >= 0.6 is 0 Å². The van der Waals surface area contributed by atoms with Gasteiger partial charge in [-0.1, -0.05) is 35.4 Å². The number of tetrazole rings is 1. The van der Waals surface area contributed by atoms with Crippen molar-refractivity contribution in [3.05, 3.63) is 66.0 Å². The minimum atomic E-state index is -1.75. The third kappa shape index (κ3) is 3.37. The van der Waals surface area contributed by atoms with Crippen molar-refractivity contribution in [2.24, 2.45) is 0 Å². The van der Waals surface area contributed by atoms with E-state index in [9.17, 15) is 13.4 Å². The molecule has 0 radical (unpaired) electrons. The first-order chi connectivity index (χ1) is 11.1. The van der Waals surface area contributed by atoms with Crippen molar-refractivity contribution in [2.75, 3.05) is 5.75 Å². The first-order valence-electron chi connectivity index (χ1n) is 6.66. The molecular formula is C15H11FN4O2S. The lowest BCUT2D eigenvalue weighted by Crippen LogP contribution is -2.15. The van der Waals surface area contributed by atoms with Gasteiger partial charge >= 0.3 is 0 Å². The Morgan fingerprint density at radius 3 is 2.65 bits per heavy atom. The van der Waals surface area contributed by atoms with Crippen LogP contribution in [-0.2, 0) is 10.8 Å². The van der Waals surface area contributed by atoms with E-state index < -0.39 is 22.4 Å². The number of carbonyl (C=O) groups excluding carboxylic acids is 1. The van der Waals surface area contributed by atoms with E-state index in [0.29, 0.717) is 5.69 Å². The SMILES string of the molecule is O=C(CS(=O)c1nnnn1-c1ccccc1)c1cccc(F)c1. The Labute approximate surface area is 133 Å². The van der Waals surface area contributed by atoms with Gasteiger partial charge in [0.25, 0.3) is 0 Å². The fraction of sp³-hybridized carbons (Fsp3) is 0.0667. The zero-order chi connectivity index (χ0) is 16.2. The predicted octanol–water partition coefficient (Wildman–Crippen LogP) is 1.79. The lowest BCUT2D eigenvalue weighted by atomic mass is 10.1. The highest BCUT2D eigenvalue weighted by Gasteiger charge is 2.19. The maximum atomic E-state index is 13.2. The first kappa shape index (κ1) is 15.2. The Hall–Kier alpha value is -2.74. The number of ketones is 1. The summed E-state index contributed by atoms with van der Waals surface area (Å²) >= 11 is 0. The average Bonchev–Trinajstić information content (AvgIpc) is 3.05. The maximum absolute atomic E-state index is 13.2. The van der Waals surface area contributed by atoms with Crippen LogP contribution in [0.1, 0.15) is 10.4 Å². The summed E-state index contributed by atoms with van der Waals surface area (Å²) in [6, 6.07) is 14.2. The Balaban J connectivity index is 1.82. The van der Waals surface area contributed by atoms with Gasteiger partial charge in [-0.2, -0.15) is 4.68 Å². The number of carbonyl (C=O) groups is 1. The van der Waals surface area contributed by atoms with Crippen LogP contribution in [-0.4, -0.2) is 36.0 Å². The second kappa shape index (κ2) is 6.57. The number of aromatic nitrogens is 4. The molecule has 3 aromatic rings. The first-order valence-corrected chi connectivity index (χ1v) is 7.98. The zero-order valence-electron chi connectivity index (χ0n) is 11.8. The molecule has 23 heavy (non-hydrogen) atoms. The summed E-state index contributed by atoms with van der Waals surface area (Å²) in [4.78, 5) is 12.1. The minimum absolute atomic E-state index is 0.0703. The number of Topliss-reactive ketones (excluding diaryl/α,β-unsaturated/α-hetero) is 1. The number of benzene rings is 2. The van der Waals surface area contributed by atoms with Crippen molar-refractivity contribution < 1.29 is 13.4 Å². The van der Waals surface area contributed by atoms with E-state index in [1.54, 1.807) is 24.3 Å². The van der Waals surface area contributed by atoms with Gasteiger partial charge in [0.05, 0.1) is 11.4 Å². The topological polar surface area (TPSA) is 77.7 Å². The summed E-state index contributed by atoms with van der Waals surface area (Å²) in [7, 11) is -1.75. The molecule has 3 rings (SSSR count). The third-order valence-corrected chi connectivity index (χ3v) is 4.24. The molecule has 1 unspecified atom stereocenters. The predicted molar refractivity (Wildman–Crippen MR) is 81.2 cm³/mol. The second-order valence-corrected chi connectivity index (χ2v) is 5.98. The highest BCUT2D eigenvalue weighted by molar-refractivity contribution is 7.85. The van der Waals surface area contributed by atoms with Crippen LogP contribution in [0.4, 0.5) is 4.39 Å². The number of para-hydroxylation sites is 1. The van der Waals surface area contributed by atoms with Crippen LogP contribution in [0.3, 0.4) is 0 Å². The zero-order valence-corrected chi connectivity index (χ0v) is 12.6. The summed E-state index contributed by atoms with van der Waals surface area (Å²) < 4.78 is 26.9. The Morgan fingerprint density at radius 2 is 1.91 bits per heavy atom. The summed E-state index contributed by atoms with van der Waals surface area (Å²) in [5, 5.41) is 11.1. The van der Waals surface area contributed by atoms with Gasteiger partial charge in [0.1, 0.15) is 16.6 Å². The fourth-order valence-electron chi connectivity index (χ4n) is 1.98. The van der Waals surface area contributed by atoms with Crippen molar-refractivity contribution >= 4 is 16.6 Å². The van der Waals surface area contributed by atoms with Crippen LogP contribution < -0.4 is 0 Å². The van der Waals surface area contributed by atoms with E-state index in [0.717, 1.165) is 6.07 Å². The number of nitrogens with zero attached hydrogens (tertiary/aromatic N) is 4. The molecule has 0 fully saturated rings. The molecule has 1 heterocycles. The van der Waals surface area contributed by atoms with E-state index >= 15 is 0 Å². The van der Waals surface area contributed by atoms with Gasteiger partial charge in [-0.05, 0) is 34.7 Å². The standard InChI is InChI=1S/C15H11FN4O2S/c16-12-6-4-5-11(9-12)14(21)10-23(22)15-17-18-19-20(15)13-7-2-1-3-8-13/h1-9H,10H2. The van der Waals surface area contributed by atoms with Crippen LogP contribution in [0, 0.1) is 5.82 Å². The van der Waals surface area contributed by atoms with E-state index in [-0.39, 0.29) is 16.5 Å². The summed E-state index contributed by atoms with van der Waals surface area (Å²) in [5.74, 6) is -1.28. The molecule has 0 saturated carbocycles. The van der Waals surface area contributed by atoms with Crippen molar-refractivity contribution in [1.29, 1.82) is 0 Å². The largest absolute Gasteiger partial charge is 0.293 e. The molecule has 2 aromatic carbocycles. The smallest absolute Gasteiger partial charge is 0.244 e. The van der Waals surface area contributed by atoms with E-state index in [1.165, 1.54) is 22.9 Å². The molecule has 0 aliphatic rings. The summed E-state index contributed by atoms with van der Waals surface area (Å²) in [6.07, 6.45) is 0.